The Hall–Kier alpha value is -2.20. The topological polar surface area (TPSA) is 43.4 Å². The first-order valence-electron chi connectivity index (χ1n) is 6.47. The Morgan fingerprint density at radius 1 is 1.10 bits per heavy atom. The first-order chi connectivity index (χ1) is 10.1. The number of carbonyl (C=O) groups is 1. The smallest absolute Gasteiger partial charge is 0.211 e. The maximum Gasteiger partial charge on any atom is 0.211 e. The number of Topliss-reactive ketones (excluding diaryl/α,β-unsaturated/α-hetero) is 1. The van der Waals surface area contributed by atoms with Crippen LogP contribution < -0.4 is 4.18 Å². The van der Waals surface area contributed by atoms with Gasteiger partial charge in [-0.15, -0.1) is 0 Å². The molecule has 0 amide bonds. The van der Waals surface area contributed by atoms with Crippen LogP contribution >= 0.6 is 0 Å². The molecule has 0 fully saturated rings. The molecule has 0 aromatic heterocycles. The van der Waals surface area contributed by atoms with E-state index in [0.717, 1.165) is 5.56 Å². The maximum absolute atomic E-state index is 12.2. The van der Waals surface area contributed by atoms with E-state index in [1.54, 1.807) is 36.4 Å². The van der Waals surface area contributed by atoms with Crippen molar-refractivity contribution in [3.05, 3.63) is 77.9 Å². The Labute approximate surface area is 126 Å². The van der Waals surface area contributed by atoms with Crippen LogP contribution in [0.15, 0.2) is 66.7 Å². The fourth-order valence-corrected chi connectivity index (χ4v) is 2.53. The van der Waals surface area contributed by atoms with Gasteiger partial charge in [0.05, 0.1) is 5.75 Å². The molecule has 2 aromatic carbocycles. The average molecular weight is 300 g/mol. The summed E-state index contributed by atoms with van der Waals surface area (Å²) >= 11 is -1.62. The molecule has 0 aliphatic heterocycles. The molecule has 0 spiro atoms. The van der Waals surface area contributed by atoms with Gasteiger partial charge < -0.3 is 4.18 Å². The van der Waals surface area contributed by atoms with Gasteiger partial charge in [-0.3, -0.25) is 4.79 Å². The van der Waals surface area contributed by atoms with Crippen LogP contribution in [-0.4, -0.2) is 15.7 Å². The molecule has 0 heterocycles. The zero-order valence-corrected chi connectivity index (χ0v) is 12.6. The predicted octanol–water partition coefficient (Wildman–Crippen LogP) is 3.48. The molecule has 0 aliphatic rings. The van der Waals surface area contributed by atoms with Gasteiger partial charge >= 0.3 is 0 Å². The monoisotopic (exact) mass is 300 g/mol. The van der Waals surface area contributed by atoms with Crippen LogP contribution in [0.3, 0.4) is 0 Å². The SMILES string of the molecule is C=C(CS(=O)Oc1ccccc1)C(=O)c1ccc(C)cc1. The molecule has 3 nitrogen and oxygen atoms in total. The van der Waals surface area contributed by atoms with Crippen molar-refractivity contribution in [1.82, 2.24) is 0 Å². The zero-order chi connectivity index (χ0) is 15.2. The summed E-state index contributed by atoms with van der Waals surface area (Å²) in [4.78, 5) is 12.2. The number of hydrogen-bond donors (Lipinski definition) is 0. The third-order valence-electron chi connectivity index (χ3n) is 2.86. The Morgan fingerprint density at radius 2 is 1.71 bits per heavy atom. The van der Waals surface area contributed by atoms with Crippen molar-refractivity contribution in [3.8, 4) is 5.75 Å². The Bertz CT molecular complexity index is 660. The molecule has 1 unspecified atom stereocenters. The molecule has 0 saturated heterocycles. The number of aryl methyl sites for hydroxylation is 1. The molecule has 2 rings (SSSR count). The van der Waals surface area contributed by atoms with E-state index in [2.05, 4.69) is 6.58 Å². The van der Waals surface area contributed by atoms with Crippen LogP contribution in [0.2, 0.25) is 0 Å². The van der Waals surface area contributed by atoms with Gasteiger partial charge in [-0.25, -0.2) is 4.21 Å². The highest BCUT2D eigenvalue weighted by Crippen LogP contribution is 2.13. The Kier molecular flexibility index (Phi) is 5.06. The largest absolute Gasteiger partial charge is 0.400 e. The van der Waals surface area contributed by atoms with Crippen LogP contribution in [-0.2, 0) is 11.1 Å². The number of para-hydroxylation sites is 1. The number of carbonyl (C=O) groups excluding carboxylic acids is 1. The van der Waals surface area contributed by atoms with Crippen molar-refractivity contribution >= 4 is 16.9 Å². The molecule has 0 bridgehead atoms. The highest BCUT2D eigenvalue weighted by Gasteiger charge is 2.14. The van der Waals surface area contributed by atoms with Crippen LogP contribution in [0, 0.1) is 6.92 Å². The number of hydrogen-bond acceptors (Lipinski definition) is 3. The summed E-state index contributed by atoms with van der Waals surface area (Å²) in [6.07, 6.45) is 0. The molecule has 21 heavy (non-hydrogen) atoms. The number of rotatable bonds is 6. The first-order valence-corrected chi connectivity index (χ1v) is 7.71. The lowest BCUT2D eigenvalue weighted by molar-refractivity contribution is 0.103. The van der Waals surface area contributed by atoms with Crippen molar-refractivity contribution in [2.45, 2.75) is 6.92 Å². The first kappa shape index (κ1) is 15.2. The fraction of sp³-hybridized carbons (Fsp3) is 0.118. The maximum atomic E-state index is 12.2. The minimum absolute atomic E-state index is 0.0123. The second-order valence-corrected chi connectivity index (χ2v) is 5.71. The van der Waals surface area contributed by atoms with Gasteiger partial charge in [-0.2, -0.15) is 0 Å². The quantitative estimate of drug-likeness (QED) is 0.606. The van der Waals surface area contributed by atoms with E-state index in [4.69, 9.17) is 4.18 Å². The lowest BCUT2D eigenvalue weighted by Gasteiger charge is -2.07. The zero-order valence-electron chi connectivity index (χ0n) is 11.7. The van der Waals surface area contributed by atoms with E-state index < -0.39 is 11.1 Å². The van der Waals surface area contributed by atoms with Gasteiger partial charge in [0, 0.05) is 11.1 Å². The Balaban J connectivity index is 1.96. The summed E-state index contributed by atoms with van der Waals surface area (Å²) in [6, 6.07) is 16.0. The third kappa shape index (κ3) is 4.39. The van der Waals surface area contributed by atoms with Crippen LogP contribution in [0.5, 0.6) is 5.75 Å². The van der Waals surface area contributed by atoms with Gasteiger partial charge in [0.25, 0.3) is 0 Å². The van der Waals surface area contributed by atoms with E-state index >= 15 is 0 Å². The summed E-state index contributed by atoms with van der Waals surface area (Å²) in [5.41, 5.74) is 1.89. The van der Waals surface area contributed by atoms with E-state index in [1.807, 2.05) is 25.1 Å². The number of ketones is 1. The van der Waals surface area contributed by atoms with Crippen LogP contribution in [0.25, 0.3) is 0 Å². The average Bonchev–Trinajstić information content (AvgIpc) is 2.48. The molecule has 1 atom stereocenters. The summed E-state index contributed by atoms with van der Waals surface area (Å²) in [7, 11) is 0. The van der Waals surface area contributed by atoms with E-state index in [0.29, 0.717) is 11.3 Å². The molecule has 108 valence electrons. The molecule has 2 aromatic rings. The van der Waals surface area contributed by atoms with Crippen molar-refractivity contribution in [1.29, 1.82) is 0 Å². The molecule has 0 N–H and O–H groups in total. The predicted molar refractivity (Wildman–Crippen MR) is 84.7 cm³/mol. The standard InChI is InChI=1S/C17H16O3S/c1-13-8-10-15(11-9-13)17(18)14(2)12-21(19)20-16-6-4-3-5-7-16/h3-11H,2,12H2,1H3. The van der Waals surface area contributed by atoms with Crippen molar-refractivity contribution in [3.63, 3.8) is 0 Å². The molecular weight excluding hydrogens is 284 g/mol. The minimum atomic E-state index is -1.62. The van der Waals surface area contributed by atoms with Gasteiger partial charge in [-0.1, -0.05) is 54.6 Å². The van der Waals surface area contributed by atoms with Crippen LogP contribution in [0.4, 0.5) is 0 Å². The lowest BCUT2D eigenvalue weighted by Crippen LogP contribution is -2.13. The lowest BCUT2D eigenvalue weighted by atomic mass is 10.0. The number of benzene rings is 2. The second kappa shape index (κ2) is 6.99. The summed E-state index contributed by atoms with van der Waals surface area (Å²) in [5, 5.41) is 0. The Morgan fingerprint density at radius 3 is 2.33 bits per heavy atom. The summed E-state index contributed by atoms with van der Waals surface area (Å²) < 4.78 is 17.1. The van der Waals surface area contributed by atoms with Gasteiger partial charge in [-0.05, 0) is 19.1 Å². The highest BCUT2D eigenvalue weighted by molar-refractivity contribution is 7.80. The molecular formula is C17H16O3S. The molecule has 0 radical (unpaired) electrons. The van der Waals surface area contributed by atoms with Gasteiger partial charge in [0.15, 0.2) is 5.78 Å². The highest BCUT2D eigenvalue weighted by atomic mass is 32.2. The fourth-order valence-electron chi connectivity index (χ4n) is 1.73. The van der Waals surface area contributed by atoms with Crippen LogP contribution in [0.1, 0.15) is 15.9 Å². The van der Waals surface area contributed by atoms with Gasteiger partial charge in [0.2, 0.25) is 11.1 Å². The van der Waals surface area contributed by atoms with E-state index in [1.165, 1.54) is 0 Å². The van der Waals surface area contributed by atoms with Gasteiger partial charge in [0.1, 0.15) is 5.75 Å². The molecule has 0 saturated carbocycles. The molecule has 4 heteroatoms. The van der Waals surface area contributed by atoms with E-state index in [-0.39, 0.29) is 17.1 Å². The minimum Gasteiger partial charge on any atom is -0.400 e. The molecule has 0 aliphatic carbocycles. The summed E-state index contributed by atoms with van der Waals surface area (Å²) in [5.74, 6) is 0.285. The van der Waals surface area contributed by atoms with Crippen molar-refractivity contribution < 1.29 is 13.2 Å². The summed E-state index contributed by atoms with van der Waals surface area (Å²) in [6.45, 7) is 5.66. The normalized spacial score (nSPS) is 11.7. The van der Waals surface area contributed by atoms with E-state index in [9.17, 15) is 9.00 Å². The van der Waals surface area contributed by atoms with Crippen molar-refractivity contribution in [2.24, 2.45) is 0 Å². The third-order valence-corrected chi connectivity index (χ3v) is 3.82. The van der Waals surface area contributed by atoms with Crippen molar-refractivity contribution in [2.75, 3.05) is 5.75 Å². The second-order valence-electron chi connectivity index (χ2n) is 4.64.